The zero-order valence-electron chi connectivity index (χ0n) is 16.3. The Hall–Kier alpha value is -0.700. The normalized spacial score (nSPS) is 30.4. The van der Waals surface area contributed by atoms with Gasteiger partial charge in [0.05, 0.1) is 12.3 Å². The molecule has 0 aromatic rings. The van der Waals surface area contributed by atoms with Crippen LogP contribution in [0.4, 0.5) is 0 Å². The van der Waals surface area contributed by atoms with Gasteiger partial charge in [0.1, 0.15) is 0 Å². The Bertz CT molecular complexity index is 580. The smallest absolute Gasteiger partial charge is 0.237 e. The molecule has 2 aliphatic rings. The standard InChI is InChI=1S/C17H34N4O3S/c1-11(2)14(19-17(22)13(4)18-5)10-20-8-7-15-16(20)12(3)9-21(15)25(6,23)24/h11-16,18H,7-10H2,1-6H3,(H,19,22). The Morgan fingerprint density at radius 1 is 1.28 bits per heavy atom. The van der Waals surface area contributed by atoms with Gasteiger partial charge in [-0.15, -0.1) is 0 Å². The number of carbonyl (C=O) groups excluding carboxylic acids is 1. The molecule has 0 aromatic heterocycles. The van der Waals surface area contributed by atoms with Crippen molar-refractivity contribution in [1.29, 1.82) is 0 Å². The molecular formula is C17H34N4O3S. The number of fused-ring (bicyclic) bond motifs is 1. The Balaban J connectivity index is 2.07. The average Bonchev–Trinajstić information content (AvgIpc) is 3.06. The quantitative estimate of drug-likeness (QED) is 0.660. The lowest BCUT2D eigenvalue weighted by Crippen LogP contribution is -2.53. The molecule has 0 spiro atoms. The van der Waals surface area contributed by atoms with Crippen LogP contribution in [0.1, 0.15) is 34.1 Å². The van der Waals surface area contributed by atoms with Gasteiger partial charge in [-0.2, -0.15) is 4.31 Å². The summed E-state index contributed by atoms with van der Waals surface area (Å²) in [7, 11) is -1.39. The average molecular weight is 375 g/mol. The molecule has 2 rings (SSSR count). The Morgan fingerprint density at radius 2 is 1.92 bits per heavy atom. The Kier molecular flexibility index (Phi) is 6.51. The molecule has 2 fully saturated rings. The maximum absolute atomic E-state index is 12.3. The van der Waals surface area contributed by atoms with E-state index in [1.54, 1.807) is 11.4 Å². The van der Waals surface area contributed by atoms with Crippen molar-refractivity contribution in [2.24, 2.45) is 11.8 Å². The van der Waals surface area contributed by atoms with Crippen molar-refractivity contribution in [3.05, 3.63) is 0 Å². The maximum Gasteiger partial charge on any atom is 0.237 e. The SMILES string of the molecule is CNC(C)C(=O)NC(CN1CCC2C1C(C)CN2S(C)(=O)=O)C(C)C. The molecule has 2 heterocycles. The van der Waals surface area contributed by atoms with Gasteiger partial charge in [-0.25, -0.2) is 8.42 Å². The molecule has 0 aromatic carbocycles. The summed E-state index contributed by atoms with van der Waals surface area (Å²) in [5, 5.41) is 6.13. The van der Waals surface area contributed by atoms with Gasteiger partial charge < -0.3 is 10.6 Å². The molecule has 2 saturated heterocycles. The molecule has 146 valence electrons. The van der Waals surface area contributed by atoms with Crippen LogP contribution in [0.25, 0.3) is 0 Å². The zero-order valence-corrected chi connectivity index (χ0v) is 17.1. The summed E-state index contributed by atoms with van der Waals surface area (Å²) in [5.41, 5.74) is 0. The van der Waals surface area contributed by atoms with E-state index in [4.69, 9.17) is 0 Å². The topological polar surface area (TPSA) is 81.8 Å². The first-order chi connectivity index (χ1) is 11.6. The lowest BCUT2D eigenvalue weighted by molar-refractivity contribution is -0.123. The van der Waals surface area contributed by atoms with Crippen molar-refractivity contribution >= 4 is 15.9 Å². The van der Waals surface area contributed by atoms with E-state index in [-0.39, 0.29) is 30.1 Å². The van der Waals surface area contributed by atoms with Crippen LogP contribution in [0.3, 0.4) is 0 Å². The van der Waals surface area contributed by atoms with Gasteiger partial charge in [-0.05, 0) is 32.2 Å². The lowest BCUT2D eigenvalue weighted by atomic mass is 9.99. The number of nitrogens with zero attached hydrogens (tertiary/aromatic N) is 2. The van der Waals surface area contributed by atoms with Crippen molar-refractivity contribution in [1.82, 2.24) is 19.8 Å². The van der Waals surface area contributed by atoms with Gasteiger partial charge in [0, 0.05) is 37.8 Å². The highest BCUT2D eigenvalue weighted by Gasteiger charge is 2.50. The van der Waals surface area contributed by atoms with Crippen molar-refractivity contribution in [3.8, 4) is 0 Å². The van der Waals surface area contributed by atoms with Gasteiger partial charge >= 0.3 is 0 Å². The molecule has 5 atom stereocenters. The van der Waals surface area contributed by atoms with Gasteiger partial charge in [0.25, 0.3) is 0 Å². The number of amides is 1. The van der Waals surface area contributed by atoms with E-state index in [1.807, 2.05) is 6.92 Å². The van der Waals surface area contributed by atoms with Gasteiger partial charge in [0.15, 0.2) is 0 Å². The number of likely N-dealkylation sites (tertiary alicyclic amines) is 1. The van der Waals surface area contributed by atoms with Gasteiger partial charge in [-0.3, -0.25) is 9.69 Å². The van der Waals surface area contributed by atoms with E-state index in [0.29, 0.717) is 18.4 Å². The molecule has 8 heteroatoms. The number of rotatable bonds is 7. The highest BCUT2D eigenvalue weighted by Crippen LogP contribution is 2.36. The fourth-order valence-electron chi connectivity index (χ4n) is 4.15. The number of hydrogen-bond donors (Lipinski definition) is 2. The first-order valence-electron chi connectivity index (χ1n) is 9.24. The number of hydrogen-bond acceptors (Lipinski definition) is 5. The molecular weight excluding hydrogens is 340 g/mol. The van der Waals surface area contributed by atoms with E-state index in [0.717, 1.165) is 19.5 Å². The minimum absolute atomic E-state index is 0.00850. The Morgan fingerprint density at radius 3 is 2.44 bits per heavy atom. The summed E-state index contributed by atoms with van der Waals surface area (Å²) in [6.45, 7) is 10.5. The Labute approximate surface area is 152 Å². The van der Waals surface area contributed by atoms with Crippen molar-refractivity contribution in [2.45, 2.75) is 58.3 Å². The van der Waals surface area contributed by atoms with E-state index < -0.39 is 10.0 Å². The third kappa shape index (κ3) is 4.53. The second-order valence-corrected chi connectivity index (χ2v) is 9.96. The fraction of sp³-hybridized carbons (Fsp3) is 0.941. The van der Waals surface area contributed by atoms with Crippen LogP contribution in [0.5, 0.6) is 0 Å². The monoisotopic (exact) mass is 374 g/mol. The molecule has 5 unspecified atom stereocenters. The first kappa shape index (κ1) is 20.6. The second kappa shape index (κ2) is 7.90. The van der Waals surface area contributed by atoms with Crippen LogP contribution in [0.15, 0.2) is 0 Å². The molecule has 0 radical (unpaired) electrons. The summed E-state index contributed by atoms with van der Waals surface area (Å²) in [6.07, 6.45) is 2.18. The molecule has 2 aliphatic heterocycles. The zero-order chi connectivity index (χ0) is 18.9. The number of carbonyl (C=O) groups is 1. The summed E-state index contributed by atoms with van der Waals surface area (Å²) >= 11 is 0. The molecule has 2 N–H and O–H groups in total. The number of nitrogens with one attached hydrogen (secondary N) is 2. The molecule has 0 aliphatic carbocycles. The third-order valence-corrected chi connectivity index (χ3v) is 7.04. The first-order valence-corrected chi connectivity index (χ1v) is 11.1. The molecule has 0 bridgehead atoms. The number of likely N-dealkylation sites (N-methyl/N-ethyl adjacent to an activating group) is 1. The van der Waals surface area contributed by atoms with E-state index in [9.17, 15) is 13.2 Å². The minimum atomic E-state index is -3.16. The molecule has 25 heavy (non-hydrogen) atoms. The largest absolute Gasteiger partial charge is 0.350 e. The van der Waals surface area contributed by atoms with Crippen LogP contribution in [-0.2, 0) is 14.8 Å². The summed E-state index contributed by atoms with van der Waals surface area (Å²) in [5.74, 6) is 0.630. The van der Waals surface area contributed by atoms with E-state index >= 15 is 0 Å². The maximum atomic E-state index is 12.3. The molecule has 0 saturated carbocycles. The van der Waals surface area contributed by atoms with Crippen LogP contribution >= 0.6 is 0 Å². The molecule has 7 nitrogen and oxygen atoms in total. The van der Waals surface area contributed by atoms with E-state index in [2.05, 4.69) is 36.3 Å². The molecule has 1 amide bonds. The lowest BCUT2D eigenvalue weighted by Gasteiger charge is -2.33. The second-order valence-electron chi connectivity index (χ2n) is 8.02. The summed E-state index contributed by atoms with van der Waals surface area (Å²) in [4.78, 5) is 14.6. The predicted octanol–water partition coefficient (Wildman–Crippen LogP) is 0.0893. The summed E-state index contributed by atoms with van der Waals surface area (Å²) in [6, 6.07) is 0.152. The highest BCUT2D eigenvalue weighted by atomic mass is 32.2. The van der Waals surface area contributed by atoms with Crippen LogP contribution < -0.4 is 10.6 Å². The van der Waals surface area contributed by atoms with Crippen LogP contribution in [-0.4, -0.2) is 80.6 Å². The van der Waals surface area contributed by atoms with Crippen LogP contribution in [0.2, 0.25) is 0 Å². The summed E-state index contributed by atoms with van der Waals surface area (Å²) < 4.78 is 25.8. The van der Waals surface area contributed by atoms with Crippen molar-refractivity contribution in [2.75, 3.05) is 32.9 Å². The number of sulfonamides is 1. The van der Waals surface area contributed by atoms with Crippen LogP contribution in [0, 0.1) is 11.8 Å². The van der Waals surface area contributed by atoms with Crippen molar-refractivity contribution < 1.29 is 13.2 Å². The highest BCUT2D eigenvalue weighted by molar-refractivity contribution is 7.88. The van der Waals surface area contributed by atoms with Crippen molar-refractivity contribution in [3.63, 3.8) is 0 Å². The third-order valence-electron chi connectivity index (χ3n) is 5.76. The van der Waals surface area contributed by atoms with E-state index in [1.165, 1.54) is 6.26 Å². The fourth-order valence-corrected chi connectivity index (χ4v) is 5.38. The minimum Gasteiger partial charge on any atom is -0.350 e. The van der Waals surface area contributed by atoms with Gasteiger partial charge in [-0.1, -0.05) is 20.8 Å². The van der Waals surface area contributed by atoms with Gasteiger partial charge in [0.2, 0.25) is 15.9 Å². The predicted molar refractivity (Wildman–Crippen MR) is 99.8 cm³/mol.